The highest BCUT2D eigenvalue weighted by Crippen LogP contribution is 2.51. The number of piperidine rings is 1. The molecule has 0 amide bonds. The average molecular weight is 245 g/mol. The molecule has 0 saturated carbocycles. The third-order valence-electron chi connectivity index (χ3n) is 4.63. The minimum atomic E-state index is -0.134. The van der Waals surface area contributed by atoms with E-state index in [0.717, 1.165) is 32.5 Å². The number of hydrogen-bond acceptors (Lipinski definition) is 2. The molecule has 0 N–H and O–H groups in total. The van der Waals surface area contributed by atoms with E-state index in [0.29, 0.717) is 0 Å². The van der Waals surface area contributed by atoms with E-state index in [1.165, 1.54) is 11.1 Å². The van der Waals surface area contributed by atoms with Crippen LogP contribution in [0.25, 0.3) is 0 Å². The van der Waals surface area contributed by atoms with E-state index in [1.54, 1.807) is 0 Å². The summed E-state index contributed by atoms with van der Waals surface area (Å²) in [6, 6.07) is 8.78. The Kier molecular flexibility index (Phi) is 2.76. The molecule has 98 valence electrons. The topological polar surface area (TPSA) is 12.5 Å². The van der Waals surface area contributed by atoms with Crippen molar-refractivity contribution in [2.45, 2.75) is 44.8 Å². The smallest absolute Gasteiger partial charge is 0.0971 e. The van der Waals surface area contributed by atoms with E-state index >= 15 is 0 Å². The molecule has 2 aliphatic rings. The van der Waals surface area contributed by atoms with Gasteiger partial charge in [0.2, 0.25) is 0 Å². The number of benzene rings is 1. The second-order valence-electron chi connectivity index (χ2n) is 6.09. The minimum absolute atomic E-state index is 0.0221. The molecule has 2 heteroatoms. The zero-order chi connectivity index (χ0) is 12.8. The lowest BCUT2D eigenvalue weighted by Crippen LogP contribution is -2.43. The molecular formula is C16H23NO. The Balaban J connectivity index is 1.96. The van der Waals surface area contributed by atoms with Crippen molar-refractivity contribution in [1.29, 1.82) is 0 Å². The monoisotopic (exact) mass is 245 g/mol. The van der Waals surface area contributed by atoms with Crippen LogP contribution in [0.2, 0.25) is 0 Å². The van der Waals surface area contributed by atoms with E-state index in [4.69, 9.17) is 4.74 Å². The number of nitrogens with zero attached hydrogens (tertiary/aromatic N) is 1. The maximum Gasteiger partial charge on any atom is 0.0971 e. The zero-order valence-corrected chi connectivity index (χ0v) is 11.7. The predicted molar refractivity (Wildman–Crippen MR) is 73.6 cm³/mol. The van der Waals surface area contributed by atoms with Crippen LogP contribution in [-0.2, 0) is 15.9 Å². The average Bonchev–Trinajstić information content (AvgIpc) is 2.60. The molecule has 0 aliphatic carbocycles. The van der Waals surface area contributed by atoms with Gasteiger partial charge in [0, 0.05) is 13.1 Å². The second kappa shape index (κ2) is 4.07. The Labute approximate surface area is 110 Å². The van der Waals surface area contributed by atoms with Crippen molar-refractivity contribution in [1.82, 2.24) is 4.90 Å². The Morgan fingerprint density at radius 3 is 2.33 bits per heavy atom. The molecule has 0 unspecified atom stereocenters. The summed E-state index contributed by atoms with van der Waals surface area (Å²) in [5, 5.41) is 0. The summed E-state index contributed by atoms with van der Waals surface area (Å²) in [4.78, 5) is 2.52. The molecular weight excluding hydrogens is 222 g/mol. The highest BCUT2D eigenvalue weighted by molar-refractivity contribution is 5.40. The van der Waals surface area contributed by atoms with E-state index in [2.05, 4.69) is 49.9 Å². The van der Waals surface area contributed by atoms with Gasteiger partial charge in [0.1, 0.15) is 0 Å². The number of fused-ring (bicyclic) bond motifs is 2. The summed E-state index contributed by atoms with van der Waals surface area (Å²) in [5.74, 6) is 0. The van der Waals surface area contributed by atoms with Crippen LogP contribution >= 0.6 is 0 Å². The molecule has 1 fully saturated rings. The first-order chi connectivity index (χ1) is 8.57. The molecule has 0 bridgehead atoms. The van der Waals surface area contributed by atoms with Crippen LogP contribution in [-0.4, -0.2) is 24.5 Å². The summed E-state index contributed by atoms with van der Waals surface area (Å²) in [7, 11) is 0. The van der Waals surface area contributed by atoms with Gasteiger partial charge in [-0.25, -0.2) is 0 Å². The van der Waals surface area contributed by atoms with Gasteiger partial charge >= 0.3 is 0 Å². The van der Waals surface area contributed by atoms with E-state index in [1.807, 2.05) is 0 Å². The largest absolute Gasteiger partial charge is 0.360 e. The van der Waals surface area contributed by atoms with Gasteiger partial charge < -0.3 is 9.64 Å². The second-order valence-corrected chi connectivity index (χ2v) is 6.09. The number of likely N-dealkylation sites (tertiary alicyclic amines) is 1. The van der Waals surface area contributed by atoms with Crippen LogP contribution in [0.5, 0.6) is 0 Å². The van der Waals surface area contributed by atoms with Crippen molar-refractivity contribution in [2.75, 3.05) is 19.6 Å². The Hall–Kier alpha value is -0.860. The third kappa shape index (κ3) is 1.70. The summed E-state index contributed by atoms with van der Waals surface area (Å²) in [6.07, 6.45) is 2.25. The Bertz CT molecular complexity index is 444. The highest BCUT2D eigenvalue weighted by atomic mass is 16.5. The Morgan fingerprint density at radius 1 is 1.11 bits per heavy atom. The maximum absolute atomic E-state index is 6.51. The lowest BCUT2D eigenvalue weighted by molar-refractivity contribution is -0.149. The van der Waals surface area contributed by atoms with Crippen molar-refractivity contribution in [3.8, 4) is 0 Å². The van der Waals surface area contributed by atoms with Gasteiger partial charge in [-0.05, 0) is 44.4 Å². The quantitative estimate of drug-likeness (QED) is 0.753. The zero-order valence-electron chi connectivity index (χ0n) is 11.7. The maximum atomic E-state index is 6.51. The van der Waals surface area contributed by atoms with Crippen LogP contribution < -0.4 is 0 Å². The standard InChI is InChI=1S/C16H23NO/c1-4-17-11-9-16(10-12-17)14-8-6-5-7-13(14)15(2,3)18-16/h5-8H,4,9-12H2,1-3H3. The van der Waals surface area contributed by atoms with E-state index in [9.17, 15) is 0 Å². The molecule has 1 aromatic carbocycles. The molecule has 18 heavy (non-hydrogen) atoms. The fraction of sp³-hybridized carbons (Fsp3) is 0.625. The van der Waals surface area contributed by atoms with Crippen LogP contribution in [0, 0.1) is 0 Å². The van der Waals surface area contributed by atoms with Gasteiger partial charge in [-0.15, -0.1) is 0 Å². The summed E-state index contributed by atoms with van der Waals surface area (Å²) in [5.41, 5.74) is 2.66. The number of rotatable bonds is 1. The van der Waals surface area contributed by atoms with Gasteiger partial charge in [0.05, 0.1) is 11.2 Å². The fourth-order valence-corrected chi connectivity index (χ4v) is 3.61. The Morgan fingerprint density at radius 2 is 1.72 bits per heavy atom. The van der Waals surface area contributed by atoms with Gasteiger partial charge in [-0.1, -0.05) is 31.2 Å². The van der Waals surface area contributed by atoms with Crippen molar-refractivity contribution >= 4 is 0 Å². The molecule has 3 rings (SSSR count). The fourth-order valence-electron chi connectivity index (χ4n) is 3.61. The summed E-state index contributed by atoms with van der Waals surface area (Å²) < 4.78 is 6.51. The molecule has 2 aliphatic heterocycles. The molecule has 1 spiro atoms. The van der Waals surface area contributed by atoms with Crippen molar-refractivity contribution < 1.29 is 4.74 Å². The lowest BCUT2D eigenvalue weighted by atomic mass is 9.82. The third-order valence-corrected chi connectivity index (χ3v) is 4.63. The first kappa shape index (κ1) is 12.2. The van der Waals surface area contributed by atoms with Crippen molar-refractivity contribution in [2.24, 2.45) is 0 Å². The molecule has 0 aromatic heterocycles. The number of hydrogen-bond donors (Lipinski definition) is 0. The SMILES string of the molecule is CCN1CCC2(CC1)OC(C)(C)c1ccccc12. The first-order valence-electron chi connectivity index (χ1n) is 7.10. The minimum Gasteiger partial charge on any atom is -0.360 e. The molecule has 0 radical (unpaired) electrons. The van der Waals surface area contributed by atoms with Gasteiger partial charge in [-0.3, -0.25) is 0 Å². The van der Waals surface area contributed by atoms with Crippen molar-refractivity contribution in [3.05, 3.63) is 35.4 Å². The van der Waals surface area contributed by atoms with Gasteiger partial charge in [0.15, 0.2) is 0 Å². The van der Waals surface area contributed by atoms with Crippen LogP contribution in [0.4, 0.5) is 0 Å². The molecule has 2 nitrogen and oxygen atoms in total. The summed E-state index contributed by atoms with van der Waals surface area (Å²) in [6.45, 7) is 10.1. The molecule has 1 aromatic rings. The van der Waals surface area contributed by atoms with Crippen LogP contribution in [0.1, 0.15) is 44.7 Å². The molecule has 0 atom stereocenters. The predicted octanol–water partition coefficient (Wildman–Crippen LogP) is 3.26. The normalized spacial score (nSPS) is 25.3. The van der Waals surface area contributed by atoms with Gasteiger partial charge in [0.25, 0.3) is 0 Å². The number of ether oxygens (including phenoxy) is 1. The first-order valence-corrected chi connectivity index (χ1v) is 7.10. The summed E-state index contributed by atoms with van der Waals surface area (Å²) >= 11 is 0. The molecule has 2 heterocycles. The lowest BCUT2D eigenvalue weighted by Gasteiger charge is -2.40. The van der Waals surface area contributed by atoms with Crippen LogP contribution in [0.15, 0.2) is 24.3 Å². The highest BCUT2D eigenvalue weighted by Gasteiger charge is 2.49. The van der Waals surface area contributed by atoms with Crippen LogP contribution in [0.3, 0.4) is 0 Å². The van der Waals surface area contributed by atoms with Gasteiger partial charge in [-0.2, -0.15) is 0 Å². The van der Waals surface area contributed by atoms with E-state index < -0.39 is 0 Å². The van der Waals surface area contributed by atoms with Crippen molar-refractivity contribution in [3.63, 3.8) is 0 Å². The molecule has 1 saturated heterocycles. The van der Waals surface area contributed by atoms with E-state index in [-0.39, 0.29) is 11.2 Å².